The minimum atomic E-state index is -0.618. The minimum absolute atomic E-state index is 0.115. The molecule has 0 fully saturated rings. The molecule has 0 amide bonds. The molecule has 0 radical (unpaired) electrons. The summed E-state index contributed by atoms with van der Waals surface area (Å²) >= 11 is 0. The first-order valence-electron chi connectivity index (χ1n) is 5.94. The quantitative estimate of drug-likeness (QED) is 0.341. The molecule has 0 heterocycles. The second-order valence-corrected chi connectivity index (χ2v) is 4.05. The molecular formula is C15H16O4. The lowest BCUT2D eigenvalue weighted by atomic mass is 10.0. The highest BCUT2D eigenvalue weighted by Crippen LogP contribution is 2.09. The Morgan fingerprint density at radius 2 is 1.79 bits per heavy atom. The number of hydrogen-bond donors (Lipinski definition) is 0. The summed E-state index contributed by atoms with van der Waals surface area (Å²) in [4.78, 5) is 34.1. The Morgan fingerprint density at radius 1 is 1.16 bits per heavy atom. The topological polar surface area (TPSA) is 60.4 Å². The van der Waals surface area contributed by atoms with E-state index >= 15 is 0 Å². The first-order chi connectivity index (χ1) is 9.04. The number of rotatable bonds is 6. The van der Waals surface area contributed by atoms with Crippen molar-refractivity contribution in [3.05, 3.63) is 47.5 Å². The number of esters is 1. The summed E-state index contributed by atoms with van der Waals surface area (Å²) in [5.74, 6) is -1.06. The molecular weight excluding hydrogens is 244 g/mol. The molecule has 1 aromatic rings. The monoisotopic (exact) mass is 260 g/mol. The van der Waals surface area contributed by atoms with Gasteiger partial charge >= 0.3 is 5.97 Å². The van der Waals surface area contributed by atoms with Crippen LogP contribution in [-0.2, 0) is 14.3 Å². The van der Waals surface area contributed by atoms with E-state index in [0.29, 0.717) is 11.1 Å². The van der Waals surface area contributed by atoms with Gasteiger partial charge in [0, 0.05) is 11.1 Å². The molecule has 0 N–H and O–H groups in total. The number of hydrogen-bond acceptors (Lipinski definition) is 4. The second kappa shape index (κ2) is 7.26. The summed E-state index contributed by atoms with van der Waals surface area (Å²) in [7, 11) is 0. The maximum Gasteiger partial charge on any atom is 0.313 e. The van der Waals surface area contributed by atoms with Crippen LogP contribution >= 0.6 is 0 Å². The van der Waals surface area contributed by atoms with Crippen molar-refractivity contribution in [1.29, 1.82) is 0 Å². The fourth-order valence-corrected chi connectivity index (χ4v) is 1.47. The average Bonchev–Trinajstić information content (AvgIpc) is 2.39. The number of Topliss-reactive ketones (excluding diaryl/α,β-unsaturated/α-hetero) is 2. The van der Waals surface area contributed by atoms with Crippen LogP contribution in [0.4, 0.5) is 0 Å². The number of allylic oxidation sites excluding steroid dienone is 1. The first kappa shape index (κ1) is 14.8. The van der Waals surface area contributed by atoms with Crippen molar-refractivity contribution >= 4 is 17.5 Å². The largest absolute Gasteiger partial charge is 0.460 e. The summed E-state index contributed by atoms with van der Waals surface area (Å²) in [5, 5.41) is 0. The SMILES string of the molecule is CC=C(COC(=O)CC(C)=O)C(=O)c1ccccc1. The van der Waals surface area contributed by atoms with Crippen LogP contribution in [-0.4, -0.2) is 24.1 Å². The van der Waals surface area contributed by atoms with E-state index in [-0.39, 0.29) is 24.6 Å². The zero-order chi connectivity index (χ0) is 14.3. The van der Waals surface area contributed by atoms with E-state index < -0.39 is 5.97 Å². The van der Waals surface area contributed by atoms with Gasteiger partial charge in [0.25, 0.3) is 0 Å². The van der Waals surface area contributed by atoms with Gasteiger partial charge in [-0.1, -0.05) is 36.4 Å². The van der Waals surface area contributed by atoms with Crippen molar-refractivity contribution in [3.63, 3.8) is 0 Å². The van der Waals surface area contributed by atoms with Gasteiger partial charge < -0.3 is 4.74 Å². The van der Waals surface area contributed by atoms with Crippen LogP contribution in [0, 0.1) is 0 Å². The Balaban J connectivity index is 2.63. The van der Waals surface area contributed by atoms with Crippen LogP contribution in [0.5, 0.6) is 0 Å². The van der Waals surface area contributed by atoms with E-state index in [4.69, 9.17) is 4.74 Å². The van der Waals surface area contributed by atoms with Gasteiger partial charge in [-0.2, -0.15) is 0 Å². The van der Waals surface area contributed by atoms with E-state index in [2.05, 4.69) is 0 Å². The van der Waals surface area contributed by atoms with E-state index in [1.54, 1.807) is 37.3 Å². The minimum Gasteiger partial charge on any atom is -0.460 e. The van der Waals surface area contributed by atoms with Crippen LogP contribution < -0.4 is 0 Å². The van der Waals surface area contributed by atoms with Crippen LogP contribution in [0.2, 0.25) is 0 Å². The van der Waals surface area contributed by atoms with E-state index in [1.165, 1.54) is 6.92 Å². The lowest BCUT2D eigenvalue weighted by Crippen LogP contribution is -2.15. The number of ether oxygens (including phenoxy) is 1. The number of benzene rings is 1. The van der Waals surface area contributed by atoms with Crippen molar-refractivity contribution < 1.29 is 19.1 Å². The van der Waals surface area contributed by atoms with Gasteiger partial charge in [-0.15, -0.1) is 0 Å². The molecule has 1 aromatic carbocycles. The fraction of sp³-hybridized carbons (Fsp3) is 0.267. The molecule has 1 rings (SSSR count). The van der Waals surface area contributed by atoms with Crippen LogP contribution in [0.15, 0.2) is 42.0 Å². The van der Waals surface area contributed by atoms with Crippen LogP contribution in [0.3, 0.4) is 0 Å². The third kappa shape index (κ3) is 4.87. The third-order valence-corrected chi connectivity index (χ3v) is 2.46. The maximum atomic E-state index is 12.1. The lowest BCUT2D eigenvalue weighted by molar-refractivity contribution is -0.144. The summed E-state index contributed by atoms with van der Waals surface area (Å²) in [6, 6.07) is 8.75. The van der Waals surface area contributed by atoms with Gasteiger partial charge in [0.05, 0.1) is 0 Å². The highest BCUT2D eigenvalue weighted by molar-refractivity contribution is 6.09. The van der Waals surface area contributed by atoms with Crippen molar-refractivity contribution in [1.82, 2.24) is 0 Å². The molecule has 0 aromatic heterocycles. The molecule has 0 saturated heterocycles. The molecule has 19 heavy (non-hydrogen) atoms. The van der Waals surface area contributed by atoms with Crippen molar-refractivity contribution in [3.8, 4) is 0 Å². The van der Waals surface area contributed by atoms with Gasteiger partial charge in [-0.25, -0.2) is 0 Å². The molecule has 100 valence electrons. The van der Waals surface area contributed by atoms with E-state index in [1.807, 2.05) is 6.07 Å². The summed E-state index contributed by atoms with van der Waals surface area (Å²) in [5.41, 5.74) is 0.932. The first-order valence-corrected chi connectivity index (χ1v) is 5.94. The zero-order valence-electron chi connectivity index (χ0n) is 11.0. The fourth-order valence-electron chi connectivity index (χ4n) is 1.47. The van der Waals surface area contributed by atoms with Gasteiger partial charge in [0.15, 0.2) is 5.78 Å². The molecule has 0 atom stereocenters. The van der Waals surface area contributed by atoms with Crippen molar-refractivity contribution in [2.24, 2.45) is 0 Å². The predicted octanol–water partition coefficient (Wildman–Crippen LogP) is 2.34. The molecule has 0 aliphatic rings. The second-order valence-electron chi connectivity index (χ2n) is 4.05. The predicted molar refractivity (Wildman–Crippen MR) is 70.8 cm³/mol. The Bertz CT molecular complexity index is 500. The zero-order valence-corrected chi connectivity index (χ0v) is 11.0. The Hall–Kier alpha value is -2.23. The highest BCUT2D eigenvalue weighted by Gasteiger charge is 2.14. The number of ketones is 2. The lowest BCUT2D eigenvalue weighted by Gasteiger charge is -2.07. The molecule has 4 heteroatoms. The average molecular weight is 260 g/mol. The molecule has 0 saturated carbocycles. The normalized spacial score (nSPS) is 10.9. The molecule has 0 aliphatic heterocycles. The summed E-state index contributed by atoms with van der Waals surface area (Å²) in [6.07, 6.45) is 1.34. The molecule has 0 bridgehead atoms. The standard InChI is InChI=1S/C15H16O4/c1-3-12(10-19-14(17)9-11(2)16)15(18)13-7-5-4-6-8-13/h3-8H,9-10H2,1-2H3. The van der Waals surface area contributed by atoms with Gasteiger partial charge in [0.1, 0.15) is 18.8 Å². The van der Waals surface area contributed by atoms with Gasteiger partial charge in [-0.3, -0.25) is 14.4 Å². The van der Waals surface area contributed by atoms with Gasteiger partial charge in [0.2, 0.25) is 0 Å². The summed E-state index contributed by atoms with van der Waals surface area (Å²) < 4.78 is 4.90. The maximum absolute atomic E-state index is 12.1. The Labute approximate surface area is 112 Å². The van der Waals surface area contributed by atoms with Crippen molar-refractivity contribution in [2.75, 3.05) is 6.61 Å². The Morgan fingerprint density at radius 3 is 2.32 bits per heavy atom. The smallest absolute Gasteiger partial charge is 0.313 e. The summed E-state index contributed by atoms with van der Waals surface area (Å²) in [6.45, 7) is 2.90. The Kier molecular flexibility index (Phi) is 5.67. The molecule has 4 nitrogen and oxygen atoms in total. The molecule has 0 spiro atoms. The van der Waals surface area contributed by atoms with Crippen LogP contribution in [0.1, 0.15) is 30.6 Å². The highest BCUT2D eigenvalue weighted by atomic mass is 16.5. The molecule has 0 unspecified atom stereocenters. The number of carbonyl (C=O) groups excluding carboxylic acids is 3. The van der Waals surface area contributed by atoms with Crippen molar-refractivity contribution in [2.45, 2.75) is 20.3 Å². The molecule has 0 aliphatic carbocycles. The van der Waals surface area contributed by atoms with Gasteiger partial charge in [-0.05, 0) is 13.8 Å². The van der Waals surface area contributed by atoms with E-state index in [9.17, 15) is 14.4 Å². The third-order valence-electron chi connectivity index (χ3n) is 2.46. The van der Waals surface area contributed by atoms with E-state index in [0.717, 1.165) is 0 Å². The number of carbonyl (C=O) groups is 3. The van der Waals surface area contributed by atoms with Crippen LogP contribution in [0.25, 0.3) is 0 Å².